The van der Waals surface area contributed by atoms with Gasteiger partial charge in [-0.3, -0.25) is 4.79 Å². The Morgan fingerprint density at radius 1 is 1.40 bits per heavy atom. The number of rotatable bonds is 6. The molecule has 1 aromatic rings. The van der Waals surface area contributed by atoms with E-state index in [1.807, 2.05) is 30.3 Å². The maximum atomic E-state index is 12.1. The van der Waals surface area contributed by atoms with E-state index in [0.717, 1.165) is 18.4 Å². The van der Waals surface area contributed by atoms with Crippen LogP contribution in [-0.4, -0.2) is 23.0 Å². The average molecular weight is 275 g/mol. The quantitative estimate of drug-likeness (QED) is 0.836. The molecular formula is C16H21NO3. The molecule has 1 saturated carbocycles. The van der Waals surface area contributed by atoms with Crippen LogP contribution in [-0.2, 0) is 16.0 Å². The molecule has 0 saturated heterocycles. The van der Waals surface area contributed by atoms with Gasteiger partial charge in [-0.2, -0.15) is 0 Å². The highest BCUT2D eigenvalue weighted by Crippen LogP contribution is 2.54. The van der Waals surface area contributed by atoms with E-state index in [4.69, 9.17) is 0 Å². The lowest BCUT2D eigenvalue weighted by Crippen LogP contribution is -2.43. The molecule has 1 aliphatic carbocycles. The first-order valence-electron chi connectivity index (χ1n) is 7.03. The highest BCUT2D eigenvalue weighted by molar-refractivity contribution is 5.87. The smallest absolute Gasteiger partial charge is 0.326 e. The summed E-state index contributed by atoms with van der Waals surface area (Å²) in [5.41, 5.74) is 0.967. The van der Waals surface area contributed by atoms with Gasteiger partial charge in [0.15, 0.2) is 0 Å². The second kappa shape index (κ2) is 5.65. The fourth-order valence-electron chi connectivity index (χ4n) is 2.53. The molecule has 0 bridgehead atoms. The number of hydrogen-bond acceptors (Lipinski definition) is 2. The zero-order valence-corrected chi connectivity index (χ0v) is 11.9. The molecule has 20 heavy (non-hydrogen) atoms. The van der Waals surface area contributed by atoms with E-state index in [1.165, 1.54) is 0 Å². The molecule has 1 amide bonds. The predicted molar refractivity (Wildman–Crippen MR) is 76.2 cm³/mol. The fraction of sp³-hybridized carbons (Fsp3) is 0.500. The Labute approximate surface area is 119 Å². The summed E-state index contributed by atoms with van der Waals surface area (Å²) in [6, 6.07) is 8.50. The first-order chi connectivity index (χ1) is 9.46. The number of carbonyl (C=O) groups is 2. The van der Waals surface area contributed by atoms with Crippen LogP contribution in [0.4, 0.5) is 0 Å². The van der Waals surface area contributed by atoms with Crippen molar-refractivity contribution in [3.05, 3.63) is 35.9 Å². The molecule has 4 nitrogen and oxygen atoms in total. The van der Waals surface area contributed by atoms with E-state index >= 15 is 0 Å². The summed E-state index contributed by atoms with van der Waals surface area (Å²) in [7, 11) is 0. The van der Waals surface area contributed by atoms with Gasteiger partial charge in [-0.1, -0.05) is 44.2 Å². The average Bonchev–Trinajstić information content (AvgIpc) is 3.12. The van der Waals surface area contributed by atoms with Crippen LogP contribution in [0.3, 0.4) is 0 Å². The standard InChI is InChI=1S/C16H21NO3/c1-3-16(2)10-12(16)14(18)17-13(15(19)20)9-11-7-5-4-6-8-11/h4-8,12-13H,3,9-10H2,1-2H3,(H,17,18)(H,19,20)/t12?,13-,16?/m0/s1. The van der Waals surface area contributed by atoms with Gasteiger partial charge in [0.1, 0.15) is 6.04 Å². The number of benzene rings is 1. The highest BCUT2D eigenvalue weighted by Gasteiger charge is 2.53. The van der Waals surface area contributed by atoms with Crippen LogP contribution < -0.4 is 5.32 Å². The Balaban J connectivity index is 1.97. The summed E-state index contributed by atoms with van der Waals surface area (Å²) in [5.74, 6) is -1.15. The summed E-state index contributed by atoms with van der Waals surface area (Å²) in [6.07, 6.45) is 2.12. The molecule has 1 aromatic carbocycles. The van der Waals surface area contributed by atoms with E-state index in [9.17, 15) is 14.7 Å². The molecule has 2 unspecified atom stereocenters. The Kier molecular flexibility index (Phi) is 4.12. The second-order valence-electron chi connectivity index (χ2n) is 5.85. The Morgan fingerprint density at radius 3 is 2.55 bits per heavy atom. The highest BCUT2D eigenvalue weighted by atomic mass is 16.4. The molecule has 1 aliphatic rings. The van der Waals surface area contributed by atoms with Crippen LogP contribution in [0.25, 0.3) is 0 Å². The third-order valence-corrected chi connectivity index (χ3v) is 4.37. The van der Waals surface area contributed by atoms with Crippen molar-refractivity contribution >= 4 is 11.9 Å². The van der Waals surface area contributed by atoms with Gasteiger partial charge in [0, 0.05) is 12.3 Å². The normalized spacial score (nSPS) is 25.8. The first-order valence-corrected chi connectivity index (χ1v) is 7.03. The monoisotopic (exact) mass is 275 g/mol. The molecule has 2 N–H and O–H groups in total. The molecule has 2 rings (SSSR count). The lowest BCUT2D eigenvalue weighted by molar-refractivity contribution is -0.142. The van der Waals surface area contributed by atoms with E-state index < -0.39 is 12.0 Å². The molecule has 0 radical (unpaired) electrons. The third kappa shape index (κ3) is 3.18. The minimum absolute atomic E-state index is 0.0369. The maximum absolute atomic E-state index is 12.1. The van der Waals surface area contributed by atoms with Gasteiger partial charge in [-0.15, -0.1) is 0 Å². The van der Waals surface area contributed by atoms with Crippen LogP contribution in [0, 0.1) is 11.3 Å². The zero-order chi connectivity index (χ0) is 14.8. The van der Waals surface area contributed by atoms with Gasteiger partial charge >= 0.3 is 5.97 Å². The van der Waals surface area contributed by atoms with E-state index in [-0.39, 0.29) is 17.2 Å². The summed E-state index contributed by atoms with van der Waals surface area (Å²) >= 11 is 0. The number of amides is 1. The van der Waals surface area contributed by atoms with Gasteiger partial charge in [-0.05, 0) is 23.8 Å². The van der Waals surface area contributed by atoms with Crippen LogP contribution >= 0.6 is 0 Å². The lowest BCUT2D eigenvalue weighted by Gasteiger charge is -2.16. The number of hydrogen-bond donors (Lipinski definition) is 2. The molecule has 1 fully saturated rings. The fourth-order valence-corrected chi connectivity index (χ4v) is 2.53. The Hall–Kier alpha value is -1.84. The van der Waals surface area contributed by atoms with Gasteiger partial charge in [0.25, 0.3) is 0 Å². The Bertz CT molecular complexity index is 500. The van der Waals surface area contributed by atoms with E-state index in [1.54, 1.807) is 0 Å². The van der Waals surface area contributed by atoms with Gasteiger partial charge in [0.2, 0.25) is 5.91 Å². The van der Waals surface area contributed by atoms with Crippen LogP contribution in [0.2, 0.25) is 0 Å². The van der Waals surface area contributed by atoms with E-state index in [0.29, 0.717) is 6.42 Å². The van der Waals surface area contributed by atoms with Gasteiger partial charge in [-0.25, -0.2) is 4.79 Å². The molecule has 0 heterocycles. The molecule has 3 atom stereocenters. The first kappa shape index (κ1) is 14.6. The second-order valence-corrected chi connectivity index (χ2v) is 5.85. The van der Waals surface area contributed by atoms with E-state index in [2.05, 4.69) is 19.2 Å². The Morgan fingerprint density at radius 2 is 2.05 bits per heavy atom. The molecule has 0 aromatic heterocycles. The van der Waals surface area contributed by atoms with Gasteiger partial charge < -0.3 is 10.4 Å². The third-order valence-electron chi connectivity index (χ3n) is 4.37. The maximum Gasteiger partial charge on any atom is 0.326 e. The van der Waals surface area contributed by atoms with Crippen LogP contribution in [0.1, 0.15) is 32.3 Å². The van der Waals surface area contributed by atoms with Crippen molar-refractivity contribution in [3.63, 3.8) is 0 Å². The minimum atomic E-state index is -0.985. The molecule has 0 aliphatic heterocycles. The molecular weight excluding hydrogens is 254 g/mol. The predicted octanol–water partition coefficient (Wildman–Crippen LogP) is 2.23. The molecule has 108 valence electrons. The van der Waals surface area contributed by atoms with Crippen LogP contribution in [0.5, 0.6) is 0 Å². The number of nitrogens with one attached hydrogen (secondary N) is 1. The van der Waals surface area contributed by atoms with Crippen molar-refractivity contribution in [2.24, 2.45) is 11.3 Å². The topological polar surface area (TPSA) is 66.4 Å². The van der Waals surface area contributed by atoms with Gasteiger partial charge in [0.05, 0.1) is 0 Å². The number of carbonyl (C=O) groups excluding carboxylic acids is 1. The van der Waals surface area contributed by atoms with Crippen molar-refractivity contribution in [2.45, 2.75) is 39.2 Å². The summed E-state index contributed by atoms with van der Waals surface area (Å²) < 4.78 is 0. The minimum Gasteiger partial charge on any atom is -0.480 e. The molecule has 0 spiro atoms. The van der Waals surface area contributed by atoms with Crippen molar-refractivity contribution in [2.75, 3.05) is 0 Å². The number of carboxylic acid groups (broad SMARTS) is 1. The lowest BCUT2D eigenvalue weighted by atomic mass is 10.0. The SMILES string of the molecule is CCC1(C)CC1C(=O)N[C@@H](Cc1ccccc1)C(=O)O. The number of aliphatic carboxylic acids is 1. The van der Waals surface area contributed by atoms with Crippen molar-refractivity contribution in [1.82, 2.24) is 5.32 Å². The number of carboxylic acids is 1. The summed E-state index contributed by atoms with van der Waals surface area (Å²) in [5, 5.41) is 11.9. The van der Waals surface area contributed by atoms with Crippen molar-refractivity contribution in [3.8, 4) is 0 Å². The zero-order valence-electron chi connectivity index (χ0n) is 11.9. The largest absolute Gasteiger partial charge is 0.480 e. The van der Waals surface area contributed by atoms with Crippen molar-refractivity contribution in [1.29, 1.82) is 0 Å². The van der Waals surface area contributed by atoms with Crippen LogP contribution in [0.15, 0.2) is 30.3 Å². The summed E-state index contributed by atoms with van der Waals surface area (Å²) in [6.45, 7) is 4.14. The van der Waals surface area contributed by atoms with Crippen molar-refractivity contribution < 1.29 is 14.7 Å². The molecule has 4 heteroatoms. The summed E-state index contributed by atoms with van der Waals surface area (Å²) in [4.78, 5) is 23.4.